The minimum absolute atomic E-state index is 0.109. The number of ether oxygens (including phenoxy) is 2. The van der Waals surface area contributed by atoms with Crippen LogP contribution in [-0.2, 0) is 16.1 Å². The third kappa shape index (κ3) is 5.46. The molecule has 1 aromatic heterocycles. The number of benzene rings is 1. The first kappa shape index (κ1) is 17.0. The van der Waals surface area contributed by atoms with Crippen molar-refractivity contribution in [3.05, 3.63) is 65.5 Å². The summed E-state index contributed by atoms with van der Waals surface area (Å²) in [5, 5.41) is 2.52. The molecule has 1 aromatic carbocycles. The topological polar surface area (TPSA) is 77.5 Å². The summed E-state index contributed by atoms with van der Waals surface area (Å²) in [5.41, 5.74) is 1.69. The number of hydrogen-bond donors (Lipinski definition) is 1. The molecule has 1 heterocycles. The van der Waals surface area contributed by atoms with Gasteiger partial charge in [-0.2, -0.15) is 0 Å². The van der Waals surface area contributed by atoms with Gasteiger partial charge in [0.2, 0.25) is 0 Å². The SMILES string of the molecule is COC(=O)c1ccnc(C#CCNC(=O)OCc2ccccc2)c1. The number of nitrogens with one attached hydrogen (secondary N) is 1. The number of esters is 1. The molecule has 0 unspecified atom stereocenters. The average Bonchev–Trinajstić information content (AvgIpc) is 2.64. The molecule has 6 nitrogen and oxygen atoms in total. The van der Waals surface area contributed by atoms with E-state index >= 15 is 0 Å². The number of rotatable bonds is 4. The number of carbonyl (C=O) groups is 2. The van der Waals surface area contributed by atoms with Crippen molar-refractivity contribution >= 4 is 12.1 Å². The molecular formula is C18H16N2O4. The number of alkyl carbamates (subject to hydrolysis) is 1. The zero-order valence-corrected chi connectivity index (χ0v) is 13.1. The first-order chi connectivity index (χ1) is 11.7. The van der Waals surface area contributed by atoms with Crippen LogP contribution in [0.3, 0.4) is 0 Å². The van der Waals surface area contributed by atoms with Crippen LogP contribution >= 0.6 is 0 Å². The van der Waals surface area contributed by atoms with Crippen LogP contribution in [0, 0.1) is 11.8 Å². The second-order valence-corrected chi connectivity index (χ2v) is 4.64. The largest absolute Gasteiger partial charge is 0.465 e. The Morgan fingerprint density at radius 2 is 2.00 bits per heavy atom. The molecule has 1 amide bonds. The fraction of sp³-hybridized carbons (Fsp3) is 0.167. The van der Waals surface area contributed by atoms with Gasteiger partial charge in [-0.25, -0.2) is 14.6 Å². The molecule has 0 atom stereocenters. The van der Waals surface area contributed by atoms with Gasteiger partial charge in [0.15, 0.2) is 0 Å². The zero-order chi connectivity index (χ0) is 17.2. The van der Waals surface area contributed by atoms with E-state index in [1.807, 2.05) is 30.3 Å². The van der Waals surface area contributed by atoms with E-state index in [9.17, 15) is 9.59 Å². The van der Waals surface area contributed by atoms with Crippen LogP contribution in [0.2, 0.25) is 0 Å². The van der Waals surface area contributed by atoms with E-state index in [4.69, 9.17) is 4.74 Å². The fourth-order valence-electron chi connectivity index (χ4n) is 1.77. The Bertz CT molecular complexity index is 763. The van der Waals surface area contributed by atoms with Crippen LogP contribution < -0.4 is 5.32 Å². The summed E-state index contributed by atoms with van der Waals surface area (Å²) in [6.45, 7) is 0.306. The van der Waals surface area contributed by atoms with Crippen molar-refractivity contribution in [2.75, 3.05) is 13.7 Å². The molecular weight excluding hydrogens is 308 g/mol. The number of nitrogens with zero attached hydrogens (tertiary/aromatic N) is 1. The molecule has 0 spiro atoms. The highest BCUT2D eigenvalue weighted by Crippen LogP contribution is 2.02. The van der Waals surface area contributed by atoms with E-state index in [0.717, 1.165) is 5.56 Å². The van der Waals surface area contributed by atoms with E-state index in [1.165, 1.54) is 25.4 Å². The van der Waals surface area contributed by atoms with E-state index in [2.05, 4.69) is 26.9 Å². The Balaban J connectivity index is 1.79. The maximum absolute atomic E-state index is 11.5. The Hall–Kier alpha value is -3.33. The quantitative estimate of drug-likeness (QED) is 0.689. The summed E-state index contributed by atoms with van der Waals surface area (Å²) < 4.78 is 9.67. The highest BCUT2D eigenvalue weighted by Gasteiger charge is 2.05. The Morgan fingerprint density at radius 1 is 1.21 bits per heavy atom. The molecule has 122 valence electrons. The number of methoxy groups -OCH3 is 1. The van der Waals surface area contributed by atoms with E-state index in [1.54, 1.807) is 0 Å². The van der Waals surface area contributed by atoms with Crippen LogP contribution in [0.15, 0.2) is 48.7 Å². The number of pyridine rings is 1. The smallest absolute Gasteiger partial charge is 0.408 e. The van der Waals surface area contributed by atoms with Gasteiger partial charge in [-0.15, -0.1) is 0 Å². The minimum Gasteiger partial charge on any atom is -0.465 e. The molecule has 6 heteroatoms. The summed E-state index contributed by atoms with van der Waals surface area (Å²) in [5.74, 6) is 5.04. The second kappa shape index (κ2) is 8.96. The lowest BCUT2D eigenvalue weighted by Gasteiger charge is -2.04. The second-order valence-electron chi connectivity index (χ2n) is 4.64. The Kier molecular flexibility index (Phi) is 6.35. The molecule has 0 bridgehead atoms. The molecule has 0 aliphatic carbocycles. The first-order valence-corrected chi connectivity index (χ1v) is 7.17. The third-order valence-corrected chi connectivity index (χ3v) is 2.93. The summed E-state index contributed by atoms with van der Waals surface area (Å²) in [7, 11) is 1.30. The van der Waals surface area contributed by atoms with Gasteiger partial charge < -0.3 is 14.8 Å². The van der Waals surface area contributed by atoms with Crippen LogP contribution in [0.4, 0.5) is 4.79 Å². The predicted molar refractivity (Wildman–Crippen MR) is 87.1 cm³/mol. The standard InChI is InChI=1S/C18H16N2O4/c1-23-17(21)15-9-11-19-16(12-15)8-5-10-20-18(22)24-13-14-6-3-2-4-7-14/h2-4,6-7,9,11-12H,10,13H2,1H3,(H,20,22). The van der Waals surface area contributed by atoms with E-state index in [0.29, 0.717) is 11.3 Å². The van der Waals surface area contributed by atoms with Gasteiger partial charge in [-0.05, 0) is 23.6 Å². The lowest BCUT2D eigenvalue weighted by molar-refractivity contribution is 0.0600. The molecule has 0 aliphatic heterocycles. The van der Waals surface area contributed by atoms with Crippen molar-refractivity contribution < 1.29 is 19.1 Å². The predicted octanol–water partition coefficient (Wildman–Crippen LogP) is 2.15. The van der Waals surface area contributed by atoms with Crippen molar-refractivity contribution in [1.29, 1.82) is 0 Å². The molecule has 2 aromatic rings. The van der Waals surface area contributed by atoms with Gasteiger partial charge in [0, 0.05) is 6.20 Å². The van der Waals surface area contributed by atoms with Gasteiger partial charge in [-0.1, -0.05) is 36.3 Å². The lowest BCUT2D eigenvalue weighted by Crippen LogP contribution is -2.24. The number of carbonyl (C=O) groups excluding carboxylic acids is 2. The average molecular weight is 324 g/mol. The van der Waals surface area contributed by atoms with Crippen LogP contribution in [0.25, 0.3) is 0 Å². The van der Waals surface area contributed by atoms with E-state index in [-0.39, 0.29) is 13.2 Å². The summed E-state index contributed by atoms with van der Waals surface area (Å²) in [6, 6.07) is 12.4. The van der Waals surface area contributed by atoms with Crippen molar-refractivity contribution in [3.63, 3.8) is 0 Å². The van der Waals surface area contributed by atoms with Gasteiger partial charge in [0.25, 0.3) is 0 Å². The normalized spacial score (nSPS) is 9.38. The molecule has 0 radical (unpaired) electrons. The first-order valence-electron chi connectivity index (χ1n) is 7.17. The summed E-state index contributed by atoms with van der Waals surface area (Å²) in [4.78, 5) is 27.0. The highest BCUT2D eigenvalue weighted by atomic mass is 16.5. The van der Waals surface area contributed by atoms with Crippen molar-refractivity contribution in [3.8, 4) is 11.8 Å². The maximum Gasteiger partial charge on any atom is 0.408 e. The third-order valence-electron chi connectivity index (χ3n) is 2.93. The minimum atomic E-state index is -0.551. The maximum atomic E-state index is 11.5. The van der Waals surface area contributed by atoms with Gasteiger partial charge >= 0.3 is 12.1 Å². The van der Waals surface area contributed by atoms with Gasteiger partial charge in [0.1, 0.15) is 12.3 Å². The van der Waals surface area contributed by atoms with Crippen LogP contribution in [0.5, 0.6) is 0 Å². The molecule has 0 saturated heterocycles. The van der Waals surface area contributed by atoms with Crippen molar-refractivity contribution in [2.45, 2.75) is 6.61 Å². The number of hydrogen-bond acceptors (Lipinski definition) is 5. The van der Waals surface area contributed by atoms with Crippen LogP contribution in [0.1, 0.15) is 21.6 Å². The van der Waals surface area contributed by atoms with Gasteiger partial charge in [0.05, 0.1) is 19.2 Å². The van der Waals surface area contributed by atoms with Crippen LogP contribution in [-0.4, -0.2) is 30.7 Å². The molecule has 1 N–H and O–H groups in total. The fourth-order valence-corrected chi connectivity index (χ4v) is 1.77. The Morgan fingerprint density at radius 3 is 2.75 bits per heavy atom. The monoisotopic (exact) mass is 324 g/mol. The molecule has 24 heavy (non-hydrogen) atoms. The zero-order valence-electron chi connectivity index (χ0n) is 13.1. The van der Waals surface area contributed by atoms with Gasteiger partial charge in [-0.3, -0.25) is 0 Å². The highest BCUT2D eigenvalue weighted by molar-refractivity contribution is 5.89. The number of amides is 1. The lowest BCUT2D eigenvalue weighted by atomic mass is 10.2. The molecule has 2 rings (SSSR count). The summed E-state index contributed by atoms with van der Waals surface area (Å²) in [6.07, 6.45) is 0.919. The Labute approximate surface area is 139 Å². The van der Waals surface area contributed by atoms with Crippen molar-refractivity contribution in [1.82, 2.24) is 10.3 Å². The molecule has 0 fully saturated rings. The van der Waals surface area contributed by atoms with Crippen molar-refractivity contribution in [2.24, 2.45) is 0 Å². The molecule has 0 saturated carbocycles. The number of aromatic nitrogens is 1. The summed E-state index contributed by atoms with van der Waals surface area (Å²) >= 11 is 0. The van der Waals surface area contributed by atoms with E-state index < -0.39 is 12.1 Å². The molecule has 0 aliphatic rings.